The van der Waals surface area contributed by atoms with Gasteiger partial charge in [-0.2, -0.15) is 0 Å². The summed E-state index contributed by atoms with van der Waals surface area (Å²) in [6.07, 6.45) is 0.972. The fourth-order valence-electron chi connectivity index (χ4n) is 2.98. The van der Waals surface area contributed by atoms with Crippen LogP contribution < -0.4 is 5.32 Å². The molecule has 2 atom stereocenters. The zero-order valence-electron chi connectivity index (χ0n) is 13.5. The molecule has 1 heterocycles. The Labute approximate surface area is 145 Å². The maximum atomic E-state index is 12.5. The first kappa shape index (κ1) is 17.2. The number of nitrogens with one attached hydrogen (secondary N) is 1. The van der Waals surface area contributed by atoms with E-state index in [1.165, 1.54) is 0 Å². The molecule has 0 bridgehead atoms. The van der Waals surface area contributed by atoms with Crippen LogP contribution in [0.3, 0.4) is 0 Å². The molecule has 0 unspecified atom stereocenters. The Morgan fingerprint density at radius 3 is 2.67 bits per heavy atom. The molecular formula is C17H21ClN2O4. The maximum Gasteiger partial charge on any atom is 0.325 e. The van der Waals surface area contributed by atoms with Gasteiger partial charge in [-0.25, -0.2) is 4.79 Å². The molecule has 2 aliphatic rings. The third-order valence-corrected chi connectivity index (χ3v) is 4.83. The quantitative estimate of drug-likeness (QED) is 0.735. The Balaban J connectivity index is 1.48. The van der Waals surface area contributed by atoms with E-state index in [9.17, 15) is 14.7 Å². The van der Waals surface area contributed by atoms with Crippen LogP contribution in [-0.2, 0) is 16.1 Å². The predicted molar refractivity (Wildman–Crippen MR) is 88.5 cm³/mol. The second-order valence-electron chi connectivity index (χ2n) is 6.62. The SMILES string of the molecule is C[C@@]1(C2CC2)NC(=O)N(C[C@H](O)COCc2ccc(Cl)cc2)C1=O. The molecule has 1 saturated carbocycles. The van der Waals surface area contributed by atoms with Crippen molar-refractivity contribution in [2.45, 2.75) is 38.0 Å². The van der Waals surface area contributed by atoms with E-state index >= 15 is 0 Å². The van der Waals surface area contributed by atoms with Crippen molar-refractivity contribution in [1.29, 1.82) is 0 Å². The van der Waals surface area contributed by atoms with Gasteiger partial charge in [0.05, 0.1) is 25.9 Å². The number of benzene rings is 1. The third kappa shape index (κ3) is 3.55. The number of aliphatic hydroxyl groups is 1. The molecule has 1 aliphatic heterocycles. The number of carbonyl (C=O) groups is 2. The van der Waals surface area contributed by atoms with Gasteiger partial charge in [0.2, 0.25) is 0 Å². The minimum atomic E-state index is -0.923. The number of hydrogen-bond donors (Lipinski definition) is 2. The molecule has 1 aromatic rings. The van der Waals surface area contributed by atoms with E-state index in [0.717, 1.165) is 23.3 Å². The summed E-state index contributed by atoms with van der Waals surface area (Å²) in [7, 11) is 0. The largest absolute Gasteiger partial charge is 0.389 e. The van der Waals surface area contributed by atoms with Gasteiger partial charge in [-0.05, 0) is 43.4 Å². The molecule has 3 rings (SSSR count). The van der Waals surface area contributed by atoms with Gasteiger partial charge < -0.3 is 15.2 Å². The summed E-state index contributed by atoms with van der Waals surface area (Å²) in [4.78, 5) is 25.6. The molecule has 7 heteroatoms. The van der Waals surface area contributed by atoms with Gasteiger partial charge in [-0.1, -0.05) is 23.7 Å². The summed E-state index contributed by atoms with van der Waals surface area (Å²) in [6, 6.07) is 6.78. The van der Waals surface area contributed by atoms with E-state index in [-0.39, 0.29) is 25.0 Å². The molecule has 1 saturated heterocycles. The van der Waals surface area contributed by atoms with Gasteiger partial charge >= 0.3 is 6.03 Å². The number of β-amino-alcohol motifs (C(OH)–C–C–N with tert-alkyl or cyclic N) is 1. The molecule has 2 N–H and O–H groups in total. The van der Waals surface area contributed by atoms with Crippen LogP contribution in [-0.4, -0.2) is 46.7 Å². The Kier molecular flexibility index (Phi) is 4.80. The number of nitrogens with zero attached hydrogens (tertiary/aromatic N) is 1. The molecule has 6 nitrogen and oxygen atoms in total. The molecule has 1 aliphatic carbocycles. The van der Waals surface area contributed by atoms with Gasteiger partial charge in [0.15, 0.2) is 0 Å². The first-order valence-electron chi connectivity index (χ1n) is 8.04. The molecule has 130 valence electrons. The second-order valence-corrected chi connectivity index (χ2v) is 7.05. The zero-order chi connectivity index (χ0) is 17.3. The average Bonchev–Trinajstić information content (AvgIpc) is 3.36. The zero-order valence-corrected chi connectivity index (χ0v) is 14.3. The van der Waals surface area contributed by atoms with Crippen LogP contribution in [0.5, 0.6) is 0 Å². The van der Waals surface area contributed by atoms with Gasteiger partial charge in [0.25, 0.3) is 5.91 Å². The highest BCUT2D eigenvalue weighted by Crippen LogP contribution is 2.42. The topological polar surface area (TPSA) is 78.9 Å². The minimum absolute atomic E-state index is 0.0415. The summed E-state index contributed by atoms with van der Waals surface area (Å²) in [5.41, 5.74) is 0.115. The van der Waals surface area contributed by atoms with Crippen molar-refractivity contribution in [2.75, 3.05) is 13.2 Å². The Morgan fingerprint density at radius 2 is 2.04 bits per heavy atom. The smallest absolute Gasteiger partial charge is 0.325 e. The highest BCUT2D eigenvalue weighted by molar-refractivity contribution is 6.30. The van der Waals surface area contributed by atoms with Crippen molar-refractivity contribution in [3.05, 3.63) is 34.9 Å². The van der Waals surface area contributed by atoms with Gasteiger partial charge in [-0.3, -0.25) is 9.69 Å². The standard InChI is InChI=1S/C17H21ClN2O4/c1-17(12-4-5-12)15(22)20(16(23)19-17)8-14(21)10-24-9-11-2-6-13(18)7-3-11/h2-3,6-7,12,14,21H,4-5,8-10H2,1H3,(H,19,23)/t14-,17-/m0/s1. The molecule has 0 aromatic heterocycles. The highest BCUT2D eigenvalue weighted by atomic mass is 35.5. The van der Waals surface area contributed by atoms with E-state index in [1.807, 2.05) is 12.1 Å². The third-order valence-electron chi connectivity index (χ3n) is 4.58. The average molecular weight is 353 g/mol. The highest BCUT2D eigenvalue weighted by Gasteiger charge is 2.56. The van der Waals surface area contributed by atoms with Crippen LogP contribution in [0.1, 0.15) is 25.3 Å². The summed E-state index contributed by atoms with van der Waals surface area (Å²) in [5.74, 6) is -0.0519. The number of aliphatic hydroxyl groups excluding tert-OH is 1. The van der Waals surface area contributed by atoms with E-state index in [4.69, 9.17) is 16.3 Å². The molecule has 24 heavy (non-hydrogen) atoms. The van der Waals surface area contributed by atoms with Gasteiger partial charge in [0, 0.05) is 5.02 Å². The van der Waals surface area contributed by atoms with Crippen LogP contribution in [0.15, 0.2) is 24.3 Å². The van der Waals surface area contributed by atoms with Crippen LogP contribution in [0.4, 0.5) is 4.79 Å². The first-order chi connectivity index (χ1) is 11.4. The second kappa shape index (κ2) is 6.70. The molecule has 1 aromatic carbocycles. The van der Waals surface area contributed by atoms with E-state index in [2.05, 4.69) is 5.32 Å². The van der Waals surface area contributed by atoms with Crippen molar-refractivity contribution in [1.82, 2.24) is 10.2 Å². The molecule has 2 fully saturated rings. The van der Waals surface area contributed by atoms with Crippen molar-refractivity contribution < 1.29 is 19.4 Å². The number of halogens is 1. The lowest BCUT2D eigenvalue weighted by Gasteiger charge is -2.22. The Bertz CT molecular complexity index is 632. The van der Waals surface area contributed by atoms with E-state index in [1.54, 1.807) is 19.1 Å². The fraction of sp³-hybridized carbons (Fsp3) is 0.529. The summed E-state index contributed by atoms with van der Waals surface area (Å²) in [6.45, 7) is 2.07. The van der Waals surface area contributed by atoms with Crippen LogP contribution in [0.25, 0.3) is 0 Å². The maximum absolute atomic E-state index is 12.5. The predicted octanol–water partition coefficient (Wildman–Crippen LogP) is 1.94. The number of urea groups is 1. The van der Waals surface area contributed by atoms with Crippen LogP contribution >= 0.6 is 11.6 Å². The van der Waals surface area contributed by atoms with E-state index < -0.39 is 17.7 Å². The molecule has 0 spiro atoms. The molecular weight excluding hydrogens is 332 g/mol. The number of amides is 3. The summed E-state index contributed by atoms with van der Waals surface area (Å²) in [5, 5.41) is 13.5. The van der Waals surface area contributed by atoms with E-state index in [0.29, 0.717) is 11.6 Å². The lowest BCUT2D eigenvalue weighted by molar-refractivity contribution is -0.132. The molecule has 0 radical (unpaired) electrons. The van der Waals surface area contributed by atoms with Crippen molar-refractivity contribution in [3.8, 4) is 0 Å². The summed E-state index contributed by atoms with van der Waals surface area (Å²) < 4.78 is 5.45. The van der Waals surface area contributed by atoms with Crippen molar-refractivity contribution in [3.63, 3.8) is 0 Å². The molecule has 3 amide bonds. The van der Waals surface area contributed by atoms with Crippen molar-refractivity contribution >= 4 is 23.5 Å². The number of imide groups is 1. The minimum Gasteiger partial charge on any atom is -0.389 e. The van der Waals surface area contributed by atoms with Gasteiger partial charge in [0.1, 0.15) is 5.54 Å². The summed E-state index contributed by atoms with van der Waals surface area (Å²) >= 11 is 5.81. The fourth-order valence-corrected chi connectivity index (χ4v) is 3.10. The van der Waals surface area contributed by atoms with Crippen LogP contribution in [0.2, 0.25) is 5.02 Å². The van der Waals surface area contributed by atoms with Crippen LogP contribution in [0, 0.1) is 5.92 Å². The first-order valence-corrected chi connectivity index (χ1v) is 8.42. The van der Waals surface area contributed by atoms with Gasteiger partial charge in [-0.15, -0.1) is 0 Å². The monoisotopic (exact) mass is 352 g/mol. The lowest BCUT2D eigenvalue weighted by atomic mass is 9.96. The number of ether oxygens (including phenoxy) is 1. The lowest BCUT2D eigenvalue weighted by Crippen LogP contribution is -2.46. The number of rotatable bonds is 7. The number of hydrogen-bond acceptors (Lipinski definition) is 4. The number of carbonyl (C=O) groups excluding carboxylic acids is 2. The van der Waals surface area contributed by atoms with Crippen molar-refractivity contribution in [2.24, 2.45) is 5.92 Å². The Morgan fingerprint density at radius 1 is 1.38 bits per heavy atom. The normalized spacial score (nSPS) is 25.0. The Hall–Kier alpha value is -1.63.